The van der Waals surface area contributed by atoms with E-state index in [4.69, 9.17) is 21.7 Å². The van der Waals surface area contributed by atoms with Gasteiger partial charge >= 0.3 is 0 Å². The van der Waals surface area contributed by atoms with Crippen LogP contribution >= 0.6 is 24.0 Å². The summed E-state index contributed by atoms with van der Waals surface area (Å²) in [6.45, 7) is 4.07. The SMILES string of the molecule is COc1ccc(/C=[N+](\[O-])[C@@H]2N(c3ccccc3)C(=S)SC2(C)C)cc1OC. The summed E-state index contributed by atoms with van der Waals surface area (Å²) >= 11 is 7.12. The van der Waals surface area contributed by atoms with Crippen LogP contribution in [0.15, 0.2) is 48.5 Å². The Kier molecular flexibility index (Phi) is 5.62. The van der Waals surface area contributed by atoms with Crippen LogP contribution in [0, 0.1) is 5.21 Å². The highest BCUT2D eigenvalue weighted by Crippen LogP contribution is 2.43. The van der Waals surface area contributed by atoms with E-state index >= 15 is 0 Å². The van der Waals surface area contributed by atoms with E-state index in [1.165, 1.54) is 11.8 Å². The molecule has 1 heterocycles. The zero-order chi connectivity index (χ0) is 19.6. The number of benzene rings is 2. The molecule has 1 aliphatic heterocycles. The molecular formula is C20H22N2O3S2. The van der Waals surface area contributed by atoms with Crippen molar-refractivity contribution in [1.82, 2.24) is 0 Å². The molecule has 0 unspecified atom stereocenters. The molecule has 0 bridgehead atoms. The fraction of sp³-hybridized carbons (Fsp3) is 0.300. The summed E-state index contributed by atoms with van der Waals surface area (Å²) in [4.78, 5) is 1.92. The molecule has 0 N–H and O–H groups in total. The Bertz CT molecular complexity index is 869. The number of hydrogen-bond acceptors (Lipinski definition) is 5. The molecule has 5 nitrogen and oxygen atoms in total. The maximum Gasteiger partial charge on any atom is 0.258 e. The number of anilines is 1. The zero-order valence-electron chi connectivity index (χ0n) is 15.7. The number of thioether (sulfide) groups is 1. The molecular weight excluding hydrogens is 380 g/mol. The van der Waals surface area contributed by atoms with Crippen molar-refractivity contribution in [1.29, 1.82) is 0 Å². The minimum Gasteiger partial charge on any atom is -0.622 e. The Morgan fingerprint density at radius 3 is 2.41 bits per heavy atom. The van der Waals surface area contributed by atoms with E-state index in [9.17, 15) is 5.21 Å². The molecule has 0 radical (unpaired) electrons. The average Bonchev–Trinajstić information content (AvgIpc) is 2.90. The molecule has 0 aliphatic carbocycles. The molecule has 1 saturated heterocycles. The molecule has 3 rings (SSSR count). The summed E-state index contributed by atoms with van der Waals surface area (Å²) in [5.74, 6) is 1.20. The predicted octanol–water partition coefficient (Wildman–Crippen LogP) is 4.28. The smallest absolute Gasteiger partial charge is 0.258 e. The highest BCUT2D eigenvalue weighted by Gasteiger charge is 2.51. The minimum absolute atomic E-state index is 0.373. The first-order valence-corrected chi connectivity index (χ1v) is 9.69. The average molecular weight is 403 g/mol. The number of rotatable bonds is 5. The van der Waals surface area contributed by atoms with E-state index in [0.717, 1.165) is 16.0 Å². The van der Waals surface area contributed by atoms with Crippen LogP contribution in [0.25, 0.3) is 0 Å². The van der Waals surface area contributed by atoms with Crippen LogP contribution in [0.4, 0.5) is 5.69 Å². The third-order valence-corrected chi connectivity index (χ3v) is 5.93. The monoisotopic (exact) mass is 402 g/mol. The first-order valence-electron chi connectivity index (χ1n) is 8.47. The van der Waals surface area contributed by atoms with Crippen LogP contribution in [0.1, 0.15) is 19.4 Å². The van der Waals surface area contributed by atoms with Gasteiger partial charge in [-0.1, -0.05) is 42.2 Å². The van der Waals surface area contributed by atoms with Gasteiger partial charge in [-0.2, -0.15) is 4.74 Å². The van der Waals surface area contributed by atoms with Gasteiger partial charge in [-0.3, -0.25) is 4.90 Å². The molecule has 1 atom stereocenters. The summed E-state index contributed by atoms with van der Waals surface area (Å²) in [5, 5.41) is 13.2. The maximum atomic E-state index is 13.2. The summed E-state index contributed by atoms with van der Waals surface area (Å²) in [5.41, 5.74) is 1.64. The molecule has 142 valence electrons. The van der Waals surface area contributed by atoms with Gasteiger partial charge in [0.2, 0.25) is 0 Å². The van der Waals surface area contributed by atoms with Gasteiger partial charge in [-0.15, -0.1) is 0 Å². The number of thiocarbonyl (C=S) groups is 1. The third kappa shape index (κ3) is 3.89. The summed E-state index contributed by atoms with van der Waals surface area (Å²) in [6, 6.07) is 15.2. The fourth-order valence-corrected chi connectivity index (χ4v) is 5.06. The van der Waals surface area contributed by atoms with E-state index in [-0.39, 0.29) is 4.75 Å². The van der Waals surface area contributed by atoms with Crippen molar-refractivity contribution in [3.05, 3.63) is 59.3 Å². The molecule has 0 saturated carbocycles. The summed E-state index contributed by atoms with van der Waals surface area (Å²) < 4.78 is 11.9. The standard InChI is InChI=1S/C20H22N2O3S2/c1-20(2)18(22(19(26)27-20)15-8-6-5-7-9-15)21(23)13-14-10-11-16(24-3)17(12-14)25-4/h5-13,18H,1-4H3/b21-13-/t18-/m1/s1. The molecule has 0 spiro atoms. The minimum atomic E-state index is -0.467. The Hall–Kier alpha value is -2.25. The Morgan fingerprint density at radius 2 is 1.78 bits per heavy atom. The van der Waals surface area contributed by atoms with E-state index in [2.05, 4.69) is 0 Å². The van der Waals surface area contributed by atoms with Crippen molar-refractivity contribution in [2.45, 2.75) is 24.8 Å². The maximum absolute atomic E-state index is 13.2. The second-order valence-electron chi connectivity index (χ2n) is 6.65. The third-order valence-electron chi connectivity index (χ3n) is 4.37. The lowest BCUT2D eigenvalue weighted by atomic mass is 10.1. The first-order chi connectivity index (χ1) is 12.9. The normalized spacial score (nSPS) is 19.3. The molecule has 1 fully saturated rings. The first kappa shape index (κ1) is 19.5. The highest BCUT2D eigenvalue weighted by atomic mass is 32.2. The van der Waals surface area contributed by atoms with Crippen molar-refractivity contribution in [2.24, 2.45) is 0 Å². The van der Waals surface area contributed by atoms with Gasteiger partial charge in [0.1, 0.15) is 9.07 Å². The van der Waals surface area contributed by atoms with Crippen LogP contribution in [0.5, 0.6) is 11.5 Å². The number of hydroxylamine groups is 1. The van der Waals surface area contributed by atoms with Crippen molar-refractivity contribution < 1.29 is 14.2 Å². The molecule has 1 aliphatic rings. The number of methoxy groups -OCH3 is 2. The largest absolute Gasteiger partial charge is 0.622 e. The van der Waals surface area contributed by atoms with E-state index in [1.54, 1.807) is 32.6 Å². The topological polar surface area (TPSA) is 47.8 Å². The van der Waals surface area contributed by atoms with Gasteiger partial charge in [-0.05, 0) is 44.2 Å². The molecule has 0 amide bonds. The van der Waals surface area contributed by atoms with Gasteiger partial charge in [0.05, 0.1) is 14.2 Å². The van der Waals surface area contributed by atoms with Crippen LogP contribution in [-0.4, -0.2) is 40.4 Å². The quantitative estimate of drug-likeness (QED) is 0.245. The van der Waals surface area contributed by atoms with E-state index in [0.29, 0.717) is 15.8 Å². The van der Waals surface area contributed by atoms with Gasteiger partial charge in [0.25, 0.3) is 6.17 Å². The number of hydrogen-bond donors (Lipinski definition) is 0. The highest BCUT2D eigenvalue weighted by molar-refractivity contribution is 8.24. The molecule has 27 heavy (non-hydrogen) atoms. The van der Waals surface area contributed by atoms with Crippen molar-refractivity contribution in [2.75, 3.05) is 19.1 Å². The molecule has 7 heteroatoms. The van der Waals surface area contributed by atoms with Crippen LogP contribution in [0.3, 0.4) is 0 Å². The number of ether oxygens (including phenoxy) is 2. The van der Waals surface area contributed by atoms with E-state index in [1.807, 2.05) is 55.1 Å². The van der Waals surface area contributed by atoms with E-state index < -0.39 is 6.17 Å². The molecule has 0 aromatic heterocycles. The van der Waals surface area contributed by atoms with Gasteiger partial charge in [0.15, 0.2) is 17.7 Å². The summed E-state index contributed by atoms with van der Waals surface area (Å²) in [6.07, 6.45) is 1.10. The molecule has 2 aromatic carbocycles. The Labute approximate surface area is 169 Å². The Morgan fingerprint density at radius 1 is 1.11 bits per heavy atom. The lowest BCUT2D eigenvalue weighted by molar-refractivity contribution is -0.497. The lowest BCUT2D eigenvalue weighted by Gasteiger charge is -2.29. The summed E-state index contributed by atoms with van der Waals surface area (Å²) in [7, 11) is 3.15. The second-order valence-corrected chi connectivity index (χ2v) is 8.94. The number of nitrogens with zero attached hydrogens (tertiary/aromatic N) is 2. The van der Waals surface area contributed by atoms with Crippen molar-refractivity contribution in [3.63, 3.8) is 0 Å². The van der Waals surface area contributed by atoms with Crippen molar-refractivity contribution >= 4 is 40.2 Å². The van der Waals surface area contributed by atoms with Gasteiger partial charge in [0, 0.05) is 11.3 Å². The van der Waals surface area contributed by atoms with Crippen LogP contribution in [0.2, 0.25) is 0 Å². The van der Waals surface area contributed by atoms with Crippen LogP contribution < -0.4 is 14.4 Å². The molecule has 2 aromatic rings. The number of para-hydroxylation sites is 1. The fourth-order valence-electron chi connectivity index (χ4n) is 3.14. The van der Waals surface area contributed by atoms with Gasteiger partial charge < -0.3 is 14.7 Å². The van der Waals surface area contributed by atoms with Crippen molar-refractivity contribution in [3.8, 4) is 11.5 Å². The Balaban J connectivity index is 2.01. The van der Waals surface area contributed by atoms with Crippen LogP contribution in [-0.2, 0) is 0 Å². The zero-order valence-corrected chi connectivity index (χ0v) is 17.3. The predicted molar refractivity (Wildman–Crippen MR) is 115 cm³/mol. The lowest BCUT2D eigenvalue weighted by Crippen LogP contribution is -2.48. The van der Waals surface area contributed by atoms with Gasteiger partial charge in [-0.25, -0.2) is 0 Å². The second kappa shape index (κ2) is 7.78.